The summed E-state index contributed by atoms with van der Waals surface area (Å²) in [7, 11) is 1.34. The molecule has 0 N–H and O–H groups in total. The summed E-state index contributed by atoms with van der Waals surface area (Å²) in [5.41, 5.74) is 5.34. The van der Waals surface area contributed by atoms with Gasteiger partial charge in [0.15, 0.2) is 0 Å². The molecule has 10 heteroatoms. The Hall–Kier alpha value is -5.74. The van der Waals surface area contributed by atoms with Crippen LogP contribution < -0.4 is 4.90 Å². The highest BCUT2D eigenvalue weighted by Crippen LogP contribution is 2.22. The van der Waals surface area contributed by atoms with Crippen LogP contribution >= 0.6 is 0 Å². The van der Waals surface area contributed by atoms with Crippen LogP contribution in [0.1, 0.15) is 39.5 Å². The quantitative estimate of drug-likeness (QED) is 0.148. The summed E-state index contributed by atoms with van der Waals surface area (Å²) in [5, 5.41) is 0. The van der Waals surface area contributed by atoms with Gasteiger partial charge in [0.25, 0.3) is 0 Å². The molecule has 0 radical (unpaired) electrons. The Morgan fingerprint density at radius 3 is 1.87 bits per heavy atom. The zero-order valence-corrected chi connectivity index (χ0v) is 31.2. The van der Waals surface area contributed by atoms with Crippen molar-refractivity contribution in [2.45, 2.75) is 32.5 Å². The smallest absolute Gasteiger partial charge is 0.337 e. The van der Waals surface area contributed by atoms with Crippen molar-refractivity contribution in [2.75, 3.05) is 64.4 Å². The maximum atomic E-state index is 14.7. The van der Waals surface area contributed by atoms with Gasteiger partial charge >= 0.3 is 5.97 Å². The van der Waals surface area contributed by atoms with Crippen molar-refractivity contribution in [1.29, 1.82) is 0 Å². The number of benzene rings is 4. The van der Waals surface area contributed by atoms with Gasteiger partial charge in [0.05, 0.1) is 12.7 Å². The van der Waals surface area contributed by atoms with E-state index in [2.05, 4.69) is 34.1 Å². The summed E-state index contributed by atoms with van der Waals surface area (Å²) in [6.45, 7) is 8.18. The minimum atomic E-state index is -0.744. The minimum absolute atomic E-state index is 0.0673. The Labute approximate surface area is 318 Å². The number of carbonyl (C=O) groups is 4. The first kappa shape index (κ1) is 38.0. The van der Waals surface area contributed by atoms with Crippen molar-refractivity contribution < 1.29 is 23.9 Å². The lowest BCUT2D eigenvalue weighted by Crippen LogP contribution is -2.56. The maximum absolute atomic E-state index is 14.7. The van der Waals surface area contributed by atoms with Crippen LogP contribution in [0.5, 0.6) is 0 Å². The zero-order valence-electron chi connectivity index (χ0n) is 31.2. The van der Waals surface area contributed by atoms with Gasteiger partial charge in [-0.05, 0) is 52.6 Å². The van der Waals surface area contributed by atoms with E-state index in [1.54, 1.807) is 42.2 Å². The molecule has 4 aromatic rings. The van der Waals surface area contributed by atoms with E-state index in [1.165, 1.54) is 18.7 Å². The monoisotopic (exact) mass is 727 g/mol. The van der Waals surface area contributed by atoms with Crippen molar-refractivity contribution in [3.8, 4) is 0 Å². The van der Waals surface area contributed by atoms with Gasteiger partial charge in [-0.15, -0.1) is 0 Å². The van der Waals surface area contributed by atoms with E-state index in [4.69, 9.17) is 4.74 Å². The number of amides is 3. The summed E-state index contributed by atoms with van der Waals surface area (Å²) < 4.78 is 4.82. The topological polar surface area (TPSA) is 93.7 Å². The van der Waals surface area contributed by atoms with Gasteiger partial charge < -0.3 is 24.3 Å². The van der Waals surface area contributed by atoms with Crippen LogP contribution in [0.3, 0.4) is 0 Å². The molecule has 3 amide bonds. The number of anilines is 1. The lowest BCUT2D eigenvalue weighted by molar-refractivity contribution is -0.145. The highest BCUT2D eigenvalue weighted by Gasteiger charge is 2.34. The van der Waals surface area contributed by atoms with Crippen molar-refractivity contribution in [2.24, 2.45) is 0 Å². The average Bonchev–Trinajstić information content (AvgIpc) is 3.22. The Bertz CT molecular complexity index is 1880. The summed E-state index contributed by atoms with van der Waals surface area (Å²) in [5.74, 6) is -0.688. The van der Waals surface area contributed by atoms with E-state index in [-0.39, 0.29) is 24.3 Å². The molecule has 10 nitrogen and oxygen atoms in total. The molecule has 54 heavy (non-hydrogen) atoms. The molecule has 0 saturated carbocycles. The SMILES string of the molecule is COC(=O)c1ccc(C=CC(=O)N(Cc2ccc(N3CCN(C(C)=O)CC3)cc2)[C@@H](Cc2ccccc2)C(=O)N2CCN(Cc3ccccc3)CC2)cc1. The fourth-order valence-corrected chi connectivity index (χ4v) is 7.09. The largest absolute Gasteiger partial charge is 0.465 e. The first-order chi connectivity index (χ1) is 26.3. The first-order valence-electron chi connectivity index (χ1n) is 18.6. The molecule has 0 spiro atoms. The fourth-order valence-electron chi connectivity index (χ4n) is 7.09. The lowest BCUT2D eigenvalue weighted by atomic mass is 10.0. The van der Waals surface area contributed by atoms with Gasteiger partial charge in [0.2, 0.25) is 17.7 Å². The van der Waals surface area contributed by atoms with Gasteiger partial charge in [0, 0.05) is 90.6 Å². The van der Waals surface area contributed by atoms with E-state index >= 15 is 0 Å². The molecule has 0 bridgehead atoms. The second-order valence-corrected chi connectivity index (χ2v) is 13.9. The van der Waals surface area contributed by atoms with E-state index in [9.17, 15) is 19.2 Å². The van der Waals surface area contributed by atoms with E-state index < -0.39 is 12.0 Å². The number of carbonyl (C=O) groups excluding carboxylic acids is 4. The number of rotatable bonds is 12. The van der Waals surface area contributed by atoms with Crippen molar-refractivity contribution in [1.82, 2.24) is 19.6 Å². The molecule has 2 aliphatic heterocycles. The van der Waals surface area contributed by atoms with Crippen molar-refractivity contribution >= 4 is 35.5 Å². The van der Waals surface area contributed by atoms with Crippen LogP contribution in [0.4, 0.5) is 5.69 Å². The van der Waals surface area contributed by atoms with Crippen LogP contribution in [0.2, 0.25) is 0 Å². The third-order valence-electron chi connectivity index (χ3n) is 10.3. The summed E-state index contributed by atoms with van der Waals surface area (Å²) in [6.07, 6.45) is 3.60. The third kappa shape index (κ3) is 10.0. The molecule has 2 fully saturated rings. The van der Waals surface area contributed by atoms with Crippen LogP contribution in [-0.4, -0.2) is 109 Å². The van der Waals surface area contributed by atoms with E-state index in [0.717, 1.165) is 55.1 Å². The molecule has 2 aliphatic rings. The number of hydrogen-bond acceptors (Lipinski definition) is 7. The second-order valence-electron chi connectivity index (χ2n) is 13.9. The van der Waals surface area contributed by atoms with Crippen molar-refractivity contribution in [3.63, 3.8) is 0 Å². The molecule has 2 heterocycles. The molecule has 0 aliphatic carbocycles. The van der Waals surface area contributed by atoms with Crippen LogP contribution in [-0.2, 0) is 38.6 Å². The Morgan fingerprint density at radius 2 is 1.28 bits per heavy atom. The Kier molecular flexibility index (Phi) is 12.9. The van der Waals surface area contributed by atoms with Crippen LogP contribution in [0, 0.1) is 0 Å². The van der Waals surface area contributed by atoms with Gasteiger partial charge in [-0.25, -0.2) is 4.79 Å². The fraction of sp³-hybridized carbons (Fsp3) is 0.318. The molecule has 280 valence electrons. The summed E-state index contributed by atoms with van der Waals surface area (Å²) >= 11 is 0. The zero-order chi connectivity index (χ0) is 37.9. The molecular formula is C44H49N5O5. The highest BCUT2D eigenvalue weighted by molar-refractivity contribution is 5.96. The minimum Gasteiger partial charge on any atom is -0.465 e. The normalized spacial score (nSPS) is 15.6. The summed E-state index contributed by atoms with van der Waals surface area (Å²) in [6, 6.07) is 34.5. The van der Waals surface area contributed by atoms with Gasteiger partial charge in [0.1, 0.15) is 6.04 Å². The number of methoxy groups -OCH3 is 1. The Morgan fingerprint density at radius 1 is 0.685 bits per heavy atom. The molecule has 6 rings (SSSR count). The predicted molar refractivity (Wildman–Crippen MR) is 211 cm³/mol. The lowest BCUT2D eigenvalue weighted by Gasteiger charge is -2.39. The summed E-state index contributed by atoms with van der Waals surface area (Å²) in [4.78, 5) is 62.9. The molecule has 0 aromatic heterocycles. The van der Waals surface area contributed by atoms with Crippen molar-refractivity contribution in [3.05, 3.63) is 143 Å². The first-order valence-corrected chi connectivity index (χ1v) is 18.6. The molecule has 1 atom stereocenters. The van der Waals surface area contributed by atoms with Gasteiger partial charge in [-0.1, -0.05) is 84.9 Å². The molecular weight excluding hydrogens is 679 g/mol. The van der Waals surface area contributed by atoms with Gasteiger partial charge in [-0.2, -0.15) is 0 Å². The Balaban J connectivity index is 1.25. The van der Waals surface area contributed by atoms with E-state index in [0.29, 0.717) is 38.2 Å². The standard InChI is InChI=1S/C44H49N5O5/c1-34(50)46-27-29-47(30-28-46)40-20-15-38(16-21-40)33-49(42(51)22-17-35-13-18-39(19-14-35)44(53)54-2)41(31-36-9-5-3-6-10-36)43(52)48-25-23-45(24-26-48)32-37-11-7-4-8-12-37/h3-22,41H,23-33H2,1-2H3/t41-/m0/s1. The van der Waals surface area contributed by atoms with Gasteiger partial charge in [-0.3, -0.25) is 19.3 Å². The molecule has 0 unspecified atom stereocenters. The second kappa shape index (κ2) is 18.3. The number of hydrogen-bond donors (Lipinski definition) is 0. The number of nitrogens with zero attached hydrogens (tertiary/aromatic N) is 5. The molecule has 4 aromatic carbocycles. The maximum Gasteiger partial charge on any atom is 0.337 e. The number of ether oxygens (including phenoxy) is 1. The highest BCUT2D eigenvalue weighted by atomic mass is 16.5. The third-order valence-corrected chi connectivity index (χ3v) is 10.3. The average molecular weight is 728 g/mol. The molecule has 2 saturated heterocycles. The van der Waals surface area contributed by atoms with Crippen LogP contribution in [0.15, 0.2) is 115 Å². The predicted octanol–water partition coefficient (Wildman–Crippen LogP) is 5.14. The van der Waals surface area contributed by atoms with Crippen LogP contribution in [0.25, 0.3) is 6.08 Å². The number of esters is 1. The van der Waals surface area contributed by atoms with E-state index in [1.807, 2.05) is 70.5 Å². The number of piperazine rings is 2.